The molecule has 0 bridgehead atoms. The molecule has 0 unspecified atom stereocenters. The Morgan fingerprint density at radius 1 is 1.50 bits per heavy atom. The number of hydrogen-bond donors (Lipinski definition) is 0. The molecule has 56 valence electrons. The number of rotatable bonds is 0. The van der Waals surface area contributed by atoms with Crippen molar-refractivity contribution in [2.45, 2.75) is 27.2 Å². The second kappa shape index (κ2) is 1.46. The Hall–Kier alpha value is -0.330. The van der Waals surface area contributed by atoms with Crippen molar-refractivity contribution < 1.29 is 4.79 Å². The Balaban J connectivity index is 2.25. The van der Waals surface area contributed by atoms with Gasteiger partial charge in [-0.15, -0.1) is 0 Å². The lowest BCUT2D eigenvalue weighted by Crippen LogP contribution is -2.09. The number of carbonyl (C=O) groups excluding carboxylic acids is 1. The lowest BCUT2D eigenvalue weighted by Gasteiger charge is -2.10. The van der Waals surface area contributed by atoms with Crippen LogP contribution in [-0.2, 0) is 4.79 Å². The fourth-order valence-electron chi connectivity index (χ4n) is 2.93. The summed E-state index contributed by atoms with van der Waals surface area (Å²) in [5.74, 6) is 2.33. The first-order valence-corrected chi connectivity index (χ1v) is 4.08. The van der Waals surface area contributed by atoms with Crippen LogP contribution in [-0.4, -0.2) is 5.78 Å². The molecule has 0 aromatic carbocycles. The first-order chi connectivity index (χ1) is 4.55. The van der Waals surface area contributed by atoms with Gasteiger partial charge in [0, 0.05) is 12.3 Å². The molecule has 0 aliphatic heterocycles. The molecule has 1 nitrogen and oxygen atoms in total. The first-order valence-electron chi connectivity index (χ1n) is 4.08. The van der Waals surface area contributed by atoms with Crippen molar-refractivity contribution in [3.05, 3.63) is 0 Å². The molecule has 2 saturated carbocycles. The number of ketones is 1. The standard InChI is InChI=1S/C9H14O/c1-5-4-6(10)8-7(5)9(8,2)3/h5,7-8H,4H2,1-3H3/t5-,7+,8-/m1/s1. The number of hydrogen-bond acceptors (Lipinski definition) is 1. The van der Waals surface area contributed by atoms with E-state index >= 15 is 0 Å². The molecule has 0 aromatic heterocycles. The molecule has 0 spiro atoms. The minimum Gasteiger partial charge on any atom is -0.299 e. The van der Waals surface area contributed by atoms with Crippen LogP contribution in [0.25, 0.3) is 0 Å². The summed E-state index contributed by atoms with van der Waals surface area (Å²) in [5.41, 5.74) is 0.356. The third kappa shape index (κ3) is 0.518. The summed E-state index contributed by atoms with van der Waals surface area (Å²) in [6.07, 6.45) is 0.846. The third-order valence-corrected chi connectivity index (χ3v) is 3.39. The van der Waals surface area contributed by atoms with E-state index in [1.165, 1.54) is 0 Å². The van der Waals surface area contributed by atoms with E-state index in [4.69, 9.17) is 0 Å². The number of fused-ring (bicyclic) bond motifs is 1. The van der Waals surface area contributed by atoms with Crippen LogP contribution < -0.4 is 0 Å². The van der Waals surface area contributed by atoms with Gasteiger partial charge in [0.1, 0.15) is 5.78 Å². The topological polar surface area (TPSA) is 17.1 Å². The van der Waals surface area contributed by atoms with E-state index < -0.39 is 0 Å². The van der Waals surface area contributed by atoms with Crippen molar-refractivity contribution >= 4 is 5.78 Å². The van der Waals surface area contributed by atoms with Gasteiger partial charge >= 0.3 is 0 Å². The Kier molecular flexibility index (Phi) is 0.934. The normalized spacial score (nSPS) is 49.1. The minimum atomic E-state index is 0.356. The summed E-state index contributed by atoms with van der Waals surface area (Å²) < 4.78 is 0. The van der Waals surface area contributed by atoms with Gasteiger partial charge in [0.15, 0.2) is 0 Å². The molecule has 2 aliphatic rings. The van der Waals surface area contributed by atoms with Crippen LogP contribution in [0.1, 0.15) is 27.2 Å². The van der Waals surface area contributed by atoms with Crippen LogP contribution in [0, 0.1) is 23.2 Å². The fraction of sp³-hybridized carbons (Fsp3) is 0.889. The quantitative estimate of drug-likeness (QED) is 0.499. The molecule has 0 radical (unpaired) electrons. The Bertz CT molecular complexity index is 193. The van der Waals surface area contributed by atoms with Crippen LogP contribution in [0.5, 0.6) is 0 Å². The predicted molar refractivity (Wildman–Crippen MR) is 39.5 cm³/mol. The Morgan fingerprint density at radius 2 is 2.10 bits per heavy atom. The van der Waals surface area contributed by atoms with Crippen LogP contribution in [0.3, 0.4) is 0 Å². The number of Topliss-reactive ketones (excluding diaryl/α,β-unsaturated/α-hetero) is 1. The molecule has 0 amide bonds. The molecule has 0 N–H and O–H groups in total. The van der Waals surface area contributed by atoms with E-state index in [9.17, 15) is 4.79 Å². The minimum absolute atomic E-state index is 0.356. The zero-order chi connectivity index (χ0) is 7.52. The average Bonchev–Trinajstić information content (AvgIpc) is 2.17. The summed E-state index contributed by atoms with van der Waals surface area (Å²) in [6.45, 7) is 6.64. The third-order valence-electron chi connectivity index (χ3n) is 3.39. The monoisotopic (exact) mass is 138 g/mol. The van der Waals surface area contributed by atoms with E-state index in [-0.39, 0.29) is 0 Å². The highest BCUT2D eigenvalue weighted by molar-refractivity contribution is 5.88. The van der Waals surface area contributed by atoms with Crippen molar-refractivity contribution in [2.75, 3.05) is 0 Å². The SMILES string of the molecule is C[C@@H]1CC(=O)[C@@H]2[C@H]1C2(C)C. The molecule has 1 heteroatoms. The highest BCUT2D eigenvalue weighted by Crippen LogP contribution is 2.67. The smallest absolute Gasteiger partial charge is 0.137 e. The van der Waals surface area contributed by atoms with E-state index in [0.717, 1.165) is 12.3 Å². The molecule has 10 heavy (non-hydrogen) atoms. The maximum absolute atomic E-state index is 11.2. The van der Waals surface area contributed by atoms with Crippen LogP contribution in [0.15, 0.2) is 0 Å². The lowest BCUT2D eigenvalue weighted by atomic mass is 9.94. The fourth-order valence-corrected chi connectivity index (χ4v) is 2.93. The molecule has 0 heterocycles. The zero-order valence-electron chi connectivity index (χ0n) is 6.85. The summed E-state index contributed by atoms with van der Waals surface area (Å²) in [4.78, 5) is 11.2. The van der Waals surface area contributed by atoms with Gasteiger partial charge < -0.3 is 0 Å². The molecular weight excluding hydrogens is 124 g/mol. The molecule has 3 atom stereocenters. The zero-order valence-corrected chi connectivity index (χ0v) is 6.85. The molecule has 0 aromatic rings. The van der Waals surface area contributed by atoms with Crippen molar-refractivity contribution in [3.63, 3.8) is 0 Å². The van der Waals surface area contributed by atoms with Gasteiger partial charge in [-0.25, -0.2) is 0 Å². The van der Waals surface area contributed by atoms with E-state index in [1.54, 1.807) is 0 Å². The lowest BCUT2D eigenvalue weighted by molar-refractivity contribution is -0.120. The first kappa shape index (κ1) is 6.38. The van der Waals surface area contributed by atoms with Gasteiger partial charge in [-0.05, 0) is 17.3 Å². The van der Waals surface area contributed by atoms with Gasteiger partial charge in [0.2, 0.25) is 0 Å². The maximum Gasteiger partial charge on any atom is 0.137 e. The average molecular weight is 138 g/mol. The van der Waals surface area contributed by atoms with Crippen LogP contribution in [0.4, 0.5) is 0 Å². The van der Waals surface area contributed by atoms with Gasteiger partial charge in [-0.3, -0.25) is 4.79 Å². The van der Waals surface area contributed by atoms with Gasteiger partial charge in [0.05, 0.1) is 0 Å². The van der Waals surface area contributed by atoms with E-state index in [0.29, 0.717) is 23.0 Å². The largest absolute Gasteiger partial charge is 0.299 e. The van der Waals surface area contributed by atoms with E-state index in [1.807, 2.05) is 0 Å². The van der Waals surface area contributed by atoms with Crippen molar-refractivity contribution in [2.24, 2.45) is 23.2 Å². The second-order valence-corrected chi connectivity index (χ2v) is 4.47. The number of carbonyl (C=O) groups is 1. The Labute approximate surface area is 61.8 Å². The summed E-state index contributed by atoms with van der Waals surface area (Å²) in [6, 6.07) is 0. The van der Waals surface area contributed by atoms with Gasteiger partial charge in [-0.2, -0.15) is 0 Å². The Morgan fingerprint density at radius 3 is 2.30 bits per heavy atom. The summed E-state index contributed by atoms with van der Waals surface area (Å²) in [7, 11) is 0. The van der Waals surface area contributed by atoms with Gasteiger partial charge in [-0.1, -0.05) is 20.8 Å². The predicted octanol–water partition coefficient (Wildman–Crippen LogP) is 1.87. The highest BCUT2D eigenvalue weighted by Gasteiger charge is 2.66. The van der Waals surface area contributed by atoms with Crippen LogP contribution >= 0.6 is 0 Å². The maximum atomic E-state index is 11.2. The molecular formula is C9H14O. The summed E-state index contributed by atoms with van der Waals surface area (Å²) >= 11 is 0. The second-order valence-electron chi connectivity index (χ2n) is 4.47. The van der Waals surface area contributed by atoms with Crippen molar-refractivity contribution in [1.82, 2.24) is 0 Å². The van der Waals surface area contributed by atoms with Crippen molar-refractivity contribution in [1.29, 1.82) is 0 Å². The molecule has 2 aliphatic carbocycles. The van der Waals surface area contributed by atoms with E-state index in [2.05, 4.69) is 20.8 Å². The highest BCUT2D eigenvalue weighted by atomic mass is 16.1. The van der Waals surface area contributed by atoms with Crippen molar-refractivity contribution in [3.8, 4) is 0 Å². The summed E-state index contributed by atoms with van der Waals surface area (Å²) in [5, 5.41) is 0. The van der Waals surface area contributed by atoms with Crippen LogP contribution in [0.2, 0.25) is 0 Å². The molecule has 2 fully saturated rings. The molecule has 0 saturated heterocycles. The van der Waals surface area contributed by atoms with Gasteiger partial charge in [0.25, 0.3) is 0 Å². The molecule has 2 rings (SSSR count).